The highest BCUT2D eigenvalue weighted by Crippen LogP contribution is 2.17. The molecule has 0 unspecified atom stereocenters. The van der Waals surface area contributed by atoms with Gasteiger partial charge in [-0.2, -0.15) is 0 Å². The van der Waals surface area contributed by atoms with Gasteiger partial charge in [-0.05, 0) is 17.7 Å². The van der Waals surface area contributed by atoms with Crippen LogP contribution in [0.1, 0.15) is 12.5 Å². The standard InChI is InChI=1S/C18H27N3O3/c1-14(22)21-10-9-20(12-16(13-21)18(23)19(2)3)11-15-5-7-17(24-4)8-6-15/h5-8,16H,9-13H2,1-4H3/t16-/m0/s1. The van der Waals surface area contributed by atoms with Crippen LogP contribution in [0, 0.1) is 5.92 Å². The SMILES string of the molecule is COc1ccc(CN2CCN(C(C)=O)C[C@@H](C(=O)N(C)C)C2)cc1. The summed E-state index contributed by atoms with van der Waals surface area (Å²) in [5, 5.41) is 0. The van der Waals surface area contributed by atoms with Gasteiger partial charge in [0.25, 0.3) is 0 Å². The van der Waals surface area contributed by atoms with Crippen LogP contribution in [-0.2, 0) is 16.1 Å². The van der Waals surface area contributed by atoms with E-state index in [9.17, 15) is 9.59 Å². The lowest BCUT2D eigenvalue weighted by Gasteiger charge is -2.25. The summed E-state index contributed by atoms with van der Waals surface area (Å²) in [5.41, 5.74) is 1.17. The van der Waals surface area contributed by atoms with Crippen molar-refractivity contribution in [2.24, 2.45) is 5.92 Å². The first-order chi connectivity index (χ1) is 11.4. The fourth-order valence-electron chi connectivity index (χ4n) is 3.02. The number of carbonyl (C=O) groups is 2. The number of ether oxygens (including phenoxy) is 1. The van der Waals surface area contributed by atoms with Crippen molar-refractivity contribution in [3.63, 3.8) is 0 Å². The molecule has 1 fully saturated rings. The van der Waals surface area contributed by atoms with Crippen LogP contribution >= 0.6 is 0 Å². The molecule has 2 amide bonds. The van der Waals surface area contributed by atoms with Gasteiger partial charge in [0.2, 0.25) is 11.8 Å². The van der Waals surface area contributed by atoms with Crippen molar-refractivity contribution < 1.29 is 14.3 Å². The van der Waals surface area contributed by atoms with Crippen molar-refractivity contribution in [1.82, 2.24) is 14.7 Å². The van der Waals surface area contributed by atoms with Gasteiger partial charge in [-0.3, -0.25) is 14.5 Å². The van der Waals surface area contributed by atoms with E-state index in [0.29, 0.717) is 19.6 Å². The highest BCUT2D eigenvalue weighted by Gasteiger charge is 2.29. The second-order valence-electron chi connectivity index (χ2n) is 6.48. The molecule has 24 heavy (non-hydrogen) atoms. The molecule has 132 valence electrons. The van der Waals surface area contributed by atoms with Crippen molar-refractivity contribution in [1.29, 1.82) is 0 Å². The van der Waals surface area contributed by atoms with Crippen molar-refractivity contribution in [3.8, 4) is 5.75 Å². The Morgan fingerprint density at radius 3 is 2.38 bits per heavy atom. The quantitative estimate of drug-likeness (QED) is 0.827. The lowest BCUT2D eigenvalue weighted by Crippen LogP contribution is -2.41. The van der Waals surface area contributed by atoms with Crippen molar-refractivity contribution in [3.05, 3.63) is 29.8 Å². The predicted molar refractivity (Wildman–Crippen MR) is 92.7 cm³/mol. The van der Waals surface area contributed by atoms with E-state index in [0.717, 1.165) is 18.8 Å². The summed E-state index contributed by atoms with van der Waals surface area (Å²) in [5.74, 6) is 0.739. The van der Waals surface area contributed by atoms with Crippen LogP contribution < -0.4 is 4.74 Å². The Bertz CT molecular complexity index is 571. The van der Waals surface area contributed by atoms with Gasteiger partial charge in [-0.1, -0.05) is 12.1 Å². The van der Waals surface area contributed by atoms with Gasteiger partial charge in [0, 0.05) is 53.7 Å². The van der Waals surface area contributed by atoms with Crippen LogP contribution in [0.2, 0.25) is 0 Å². The Morgan fingerprint density at radius 2 is 1.83 bits per heavy atom. The fraction of sp³-hybridized carbons (Fsp3) is 0.556. The Hall–Kier alpha value is -2.08. The third-order valence-electron chi connectivity index (χ3n) is 4.41. The number of methoxy groups -OCH3 is 1. The summed E-state index contributed by atoms with van der Waals surface area (Å²) in [6.07, 6.45) is 0. The smallest absolute Gasteiger partial charge is 0.228 e. The molecule has 0 aromatic heterocycles. The van der Waals surface area contributed by atoms with Crippen molar-refractivity contribution in [2.75, 3.05) is 47.4 Å². The summed E-state index contributed by atoms with van der Waals surface area (Å²) >= 11 is 0. The maximum atomic E-state index is 12.4. The molecule has 0 spiro atoms. The molecule has 0 saturated carbocycles. The molecule has 6 heteroatoms. The van der Waals surface area contributed by atoms with E-state index in [1.54, 1.807) is 37.9 Å². The van der Waals surface area contributed by atoms with Crippen LogP contribution in [0.15, 0.2) is 24.3 Å². The van der Waals surface area contributed by atoms with Gasteiger partial charge in [-0.25, -0.2) is 0 Å². The van der Waals surface area contributed by atoms with E-state index in [1.807, 2.05) is 24.3 Å². The third kappa shape index (κ3) is 4.71. The van der Waals surface area contributed by atoms with E-state index in [-0.39, 0.29) is 17.7 Å². The molecule has 0 bridgehead atoms. The van der Waals surface area contributed by atoms with Crippen LogP contribution in [0.3, 0.4) is 0 Å². The normalized spacial score (nSPS) is 18.8. The Morgan fingerprint density at radius 1 is 1.17 bits per heavy atom. The first-order valence-electron chi connectivity index (χ1n) is 8.22. The molecule has 1 aliphatic rings. The number of amides is 2. The lowest BCUT2D eigenvalue weighted by molar-refractivity contribution is -0.135. The number of rotatable bonds is 4. The highest BCUT2D eigenvalue weighted by atomic mass is 16.5. The zero-order valence-electron chi connectivity index (χ0n) is 15.0. The monoisotopic (exact) mass is 333 g/mol. The largest absolute Gasteiger partial charge is 0.497 e. The molecule has 1 aromatic carbocycles. The minimum atomic E-state index is -0.190. The molecule has 6 nitrogen and oxygen atoms in total. The Balaban J connectivity index is 2.10. The number of hydrogen-bond acceptors (Lipinski definition) is 4. The molecule has 1 heterocycles. The average molecular weight is 333 g/mol. The number of carbonyl (C=O) groups excluding carboxylic acids is 2. The maximum Gasteiger partial charge on any atom is 0.228 e. The molecular weight excluding hydrogens is 306 g/mol. The van der Waals surface area contributed by atoms with Crippen molar-refractivity contribution in [2.45, 2.75) is 13.5 Å². The second-order valence-corrected chi connectivity index (χ2v) is 6.48. The average Bonchev–Trinajstić information content (AvgIpc) is 2.77. The van der Waals surface area contributed by atoms with Crippen LogP contribution in [-0.4, -0.2) is 73.9 Å². The van der Waals surface area contributed by atoms with Gasteiger partial charge < -0.3 is 14.5 Å². The molecule has 0 N–H and O–H groups in total. The maximum absolute atomic E-state index is 12.4. The zero-order chi connectivity index (χ0) is 17.7. The van der Waals surface area contributed by atoms with E-state index in [1.165, 1.54) is 5.56 Å². The van der Waals surface area contributed by atoms with Crippen LogP contribution in [0.25, 0.3) is 0 Å². The molecule has 1 aliphatic heterocycles. The summed E-state index contributed by atoms with van der Waals surface area (Å²) in [6, 6.07) is 7.96. The van der Waals surface area contributed by atoms with E-state index < -0.39 is 0 Å². The third-order valence-corrected chi connectivity index (χ3v) is 4.41. The predicted octanol–water partition coefficient (Wildman–Crippen LogP) is 1.06. The zero-order valence-corrected chi connectivity index (χ0v) is 15.0. The molecule has 1 aromatic rings. The topological polar surface area (TPSA) is 53.1 Å². The minimum Gasteiger partial charge on any atom is -0.497 e. The molecule has 2 rings (SSSR count). The van der Waals surface area contributed by atoms with Gasteiger partial charge in [0.05, 0.1) is 13.0 Å². The second kappa shape index (κ2) is 8.15. The Kier molecular flexibility index (Phi) is 6.20. The summed E-state index contributed by atoms with van der Waals surface area (Å²) < 4.78 is 5.19. The minimum absolute atomic E-state index is 0.0258. The van der Waals surface area contributed by atoms with E-state index >= 15 is 0 Å². The number of nitrogens with zero attached hydrogens (tertiary/aromatic N) is 3. The first-order valence-corrected chi connectivity index (χ1v) is 8.22. The van der Waals surface area contributed by atoms with Gasteiger partial charge >= 0.3 is 0 Å². The van der Waals surface area contributed by atoms with E-state index in [2.05, 4.69) is 4.90 Å². The van der Waals surface area contributed by atoms with E-state index in [4.69, 9.17) is 4.74 Å². The summed E-state index contributed by atoms with van der Waals surface area (Å²) in [6.45, 7) is 4.90. The molecule has 0 aliphatic carbocycles. The van der Waals surface area contributed by atoms with Gasteiger partial charge in [0.15, 0.2) is 0 Å². The number of hydrogen-bond donors (Lipinski definition) is 0. The van der Waals surface area contributed by atoms with Crippen LogP contribution in [0.4, 0.5) is 0 Å². The molecule has 0 radical (unpaired) electrons. The number of benzene rings is 1. The Labute approximate surface area is 144 Å². The fourth-order valence-corrected chi connectivity index (χ4v) is 3.02. The molecule has 1 saturated heterocycles. The van der Waals surface area contributed by atoms with Crippen LogP contribution in [0.5, 0.6) is 5.75 Å². The first kappa shape index (κ1) is 18.3. The lowest BCUT2D eigenvalue weighted by atomic mass is 10.1. The van der Waals surface area contributed by atoms with Gasteiger partial charge in [0.1, 0.15) is 5.75 Å². The molecular formula is C18H27N3O3. The molecule has 1 atom stereocenters. The highest BCUT2D eigenvalue weighted by molar-refractivity contribution is 5.80. The van der Waals surface area contributed by atoms with Gasteiger partial charge in [-0.15, -0.1) is 0 Å². The van der Waals surface area contributed by atoms with Crippen molar-refractivity contribution >= 4 is 11.8 Å². The summed E-state index contributed by atoms with van der Waals surface area (Å²) in [7, 11) is 5.18. The summed E-state index contributed by atoms with van der Waals surface area (Å²) in [4.78, 5) is 29.9.